The number of hydrogen-bond acceptors (Lipinski definition) is 7. The number of aromatic nitrogens is 2. The van der Waals surface area contributed by atoms with Gasteiger partial charge in [-0.25, -0.2) is 4.98 Å². The summed E-state index contributed by atoms with van der Waals surface area (Å²) in [5.74, 6) is 0.185. The minimum absolute atomic E-state index is 0.256. The van der Waals surface area contributed by atoms with Crippen molar-refractivity contribution in [1.82, 2.24) is 14.9 Å². The van der Waals surface area contributed by atoms with Crippen LogP contribution in [0.15, 0.2) is 47.5 Å². The zero-order valence-corrected chi connectivity index (χ0v) is 17.3. The molecule has 2 amide bonds. The van der Waals surface area contributed by atoms with Gasteiger partial charge < -0.3 is 24.8 Å². The molecule has 0 saturated carbocycles. The number of amides is 2. The smallest absolute Gasteiger partial charge is 0.261 e. The highest BCUT2D eigenvalue weighted by Gasteiger charge is 2.15. The molecule has 31 heavy (non-hydrogen) atoms. The van der Waals surface area contributed by atoms with Gasteiger partial charge in [0.1, 0.15) is 6.54 Å². The maximum Gasteiger partial charge on any atom is 0.261 e. The van der Waals surface area contributed by atoms with Gasteiger partial charge in [0, 0.05) is 17.8 Å². The van der Waals surface area contributed by atoms with E-state index in [1.165, 1.54) is 32.2 Å². The van der Waals surface area contributed by atoms with Crippen LogP contribution >= 0.6 is 0 Å². The second-order valence-corrected chi connectivity index (χ2v) is 6.43. The fraction of sp³-hybridized carbons (Fsp3) is 0.238. The molecule has 162 valence electrons. The standard InChI is InChI=1S/C21H22N4O6/c1-29-16-8-13(9-17(30-2)20(16)31-3)24-18(26)10-22-19(27)11-25-12-23-15-7-5-4-6-14(15)21(25)28/h4-9,12H,10-11H2,1-3H3,(H,22,27)(H,24,26). The summed E-state index contributed by atoms with van der Waals surface area (Å²) in [7, 11) is 4.41. The number of carbonyl (C=O) groups excluding carboxylic acids is 2. The van der Waals surface area contributed by atoms with Crippen LogP contribution in [0.3, 0.4) is 0 Å². The quantitative estimate of drug-likeness (QED) is 0.555. The van der Waals surface area contributed by atoms with E-state index >= 15 is 0 Å². The Labute approximate surface area is 177 Å². The van der Waals surface area contributed by atoms with Gasteiger partial charge in [-0.2, -0.15) is 0 Å². The average Bonchev–Trinajstić information content (AvgIpc) is 2.79. The van der Waals surface area contributed by atoms with Gasteiger partial charge in [0.2, 0.25) is 17.6 Å². The molecule has 0 fully saturated rings. The van der Waals surface area contributed by atoms with E-state index in [1.807, 2.05) is 0 Å². The topological polar surface area (TPSA) is 121 Å². The molecule has 10 nitrogen and oxygen atoms in total. The zero-order chi connectivity index (χ0) is 22.4. The number of anilines is 1. The van der Waals surface area contributed by atoms with Gasteiger partial charge in [0.05, 0.1) is 45.1 Å². The van der Waals surface area contributed by atoms with Gasteiger partial charge in [-0.1, -0.05) is 12.1 Å². The van der Waals surface area contributed by atoms with Crippen LogP contribution in [0.4, 0.5) is 5.69 Å². The molecule has 3 aromatic rings. The Balaban J connectivity index is 1.62. The molecule has 0 aliphatic heterocycles. The number of rotatable bonds is 8. The van der Waals surface area contributed by atoms with Crippen LogP contribution in [0.2, 0.25) is 0 Å². The molecular formula is C21H22N4O6. The lowest BCUT2D eigenvalue weighted by molar-refractivity contribution is -0.124. The maximum atomic E-state index is 12.4. The average molecular weight is 426 g/mol. The lowest BCUT2D eigenvalue weighted by Crippen LogP contribution is -2.37. The van der Waals surface area contributed by atoms with E-state index < -0.39 is 11.8 Å². The zero-order valence-electron chi connectivity index (χ0n) is 17.3. The fourth-order valence-corrected chi connectivity index (χ4v) is 2.97. The van der Waals surface area contributed by atoms with Crippen molar-refractivity contribution in [2.24, 2.45) is 0 Å². The molecule has 0 aliphatic carbocycles. The minimum atomic E-state index is -0.501. The Morgan fingerprint density at radius 1 is 1.00 bits per heavy atom. The first-order valence-corrected chi connectivity index (χ1v) is 9.27. The van der Waals surface area contributed by atoms with Gasteiger partial charge in [-0.05, 0) is 12.1 Å². The number of fused-ring (bicyclic) bond motifs is 1. The summed E-state index contributed by atoms with van der Waals surface area (Å²) < 4.78 is 16.9. The number of nitrogens with one attached hydrogen (secondary N) is 2. The lowest BCUT2D eigenvalue weighted by Gasteiger charge is -2.14. The molecule has 0 unspecified atom stereocenters. The van der Waals surface area contributed by atoms with Gasteiger partial charge in [-0.15, -0.1) is 0 Å². The highest BCUT2D eigenvalue weighted by molar-refractivity contribution is 5.95. The maximum absolute atomic E-state index is 12.4. The summed E-state index contributed by atoms with van der Waals surface area (Å²) >= 11 is 0. The first-order valence-electron chi connectivity index (χ1n) is 9.27. The Kier molecular flexibility index (Phi) is 6.71. The van der Waals surface area contributed by atoms with E-state index in [2.05, 4.69) is 15.6 Å². The van der Waals surface area contributed by atoms with Crippen molar-refractivity contribution >= 4 is 28.4 Å². The molecule has 2 N–H and O–H groups in total. The van der Waals surface area contributed by atoms with Crippen LogP contribution in [0.5, 0.6) is 17.2 Å². The van der Waals surface area contributed by atoms with E-state index in [9.17, 15) is 14.4 Å². The third kappa shape index (κ3) is 4.92. The lowest BCUT2D eigenvalue weighted by atomic mass is 10.2. The minimum Gasteiger partial charge on any atom is -0.493 e. The molecule has 0 aliphatic rings. The fourth-order valence-electron chi connectivity index (χ4n) is 2.97. The van der Waals surface area contributed by atoms with Crippen molar-refractivity contribution < 1.29 is 23.8 Å². The molecular weight excluding hydrogens is 404 g/mol. The SMILES string of the molecule is COc1cc(NC(=O)CNC(=O)Cn2cnc3ccccc3c2=O)cc(OC)c1OC. The molecule has 1 aromatic heterocycles. The Bertz CT molecular complexity index is 1150. The van der Waals surface area contributed by atoms with Crippen molar-refractivity contribution in [3.8, 4) is 17.2 Å². The number of methoxy groups -OCH3 is 3. The van der Waals surface area contributed by atoms with Gasteiger partial charge >= 0.3 is 0 Å². The van der Waals surface area contributed by atoms with Crippen LogP contribution in [0.1, 0.15) is 0 Å². The molecule has 0 saturated heterocycles. The van der Waals surface area contributed by atoms with Crippen molar-refractivity contribution in [3.63, 3.8) is 0 Å². The van der Waals surface area contributed by atoms with Crippen LogP contribution in [0.25, 0.3) is 10.9 Å². The van der Waals surface area contributed by atoms with Gasteiger partial charge in [-0.3, -0.25) is 19.0 Å². The van der Waals surface area contributed by atoms with E-state index in [4.69, 9.17) is 14.2 Å². The number of carbonyl (C=O) groups is 2. The number of nitrogens with zero attached hydrogens (tertiary/aromatic N) is 2. The van der Waals surface area contributed by atoms with Crippen molar-refractivity contribution in [2.75, 3.05) is 33.2 Å². The predicted molar refractivity (Wildman–Crippen MR) is 114 cm³/mol. The number of benzene rings is 2. The molecule has 2 aromatic carbocycles. The summed E-state index contributed by atoms with van der Waals surface area (Å²) in [5, 5.41) is 5.54. The monoisotopic (exact) mass is 426 g/mol. The molecule has 0 bridgehead atoms. The van der Waals surface area contributed by atoms with Crippen LogP contribution in [0, 0.1) is 0 Å². The van der Waals surface area contributed by atoms with Gasteiger partial charge in [0.25, 0.3) is 5.56 Å². The predicted octanol–water partition coefficient (Wildman–Crippen LogP) is 1.18. The number of hydrogen-bond donors (Lipinski definition) is 2. The van der Waals surface area contributed by atoms with Crippen LogP contribution in [-0.4, -0.2) is 49.2 Å². The first-order chi connectivity index (χ1) is 15.0. The number of ether oxygens (including phenoxy) is 3. The third-order valence-electron chi connectivity index (χ3n) is 4.44. The van der Waals surface area contributed by atoms with Crippen molar-refractivity contribution in [1.29, 1.82) is 0 Å². The molecule has 1 heterocycles. The van der Waals surface area contributed by atoms with Crippen LogP contribution in [-0.2, 0) is 16.1 Å². The summed E-state index contributed by atoms with van der Waals surface area (Å²) in [4.78, 5) is 41.1. The first kappa shape index (κ1) is 21.6. The molecule has 3 rings (SSSR count). The van der Waals surface area contributed by atoms with E-state index in [0.717, 1.165) is 0 Å². The number of para-hydroxylation sites is 1. The molecule has 0 radical (unpaired) electrons. The third-order valence-corrected chi connectivity index (χ3v) is 4.44. The normalized spacial score (nSPS) is 10.4. The summed E-state index contributed by atoms with van der Waals surface area (Å²) in [6, 6.07) is 10.0. The molecule has 0 spiro atoms. The second-order valence-electron chi connectivity index (χ2n) is 6.43. The van der Waals surface area contributed by atoms with E-state index in [0.29, 0.717) is 33.8 Å². The second kappa shape index (κ2) is 9.61. The molecule has 0 atom stereocenters. The van der Waals surface area contributed by atoms with E-state index in [1.54, 1.807) is 36.4 Å². The Morgan fingerprint density at radius 3 is 2.32 bits per heavy atom. The highest BCUT2D eigenvalue weighted by Crippen LogP contribution is 2.39. The summed E-state index contributed by atoms with van der Waals surface area (Å²) in [5.41, 5.74) is 0.625. The molecule has 10 heteroatoms. The highest BCUT2D eigenvalue weighted by atomic mass is 16.5. The van der Waals surface area contributed by atoms with E-state index in [-0.39, 0.29) is 18.6 Å². The largest absolute Gasteiger partial charge is 0.493 e. The Morgan fingerprint density at radius 2 is 1.68 bits per heavy atom. The van der Waals surface area contributed by atoms with Crippen molar-refractivity contribution in [3.05, 3.63) is 53.1 Å². The summed E-state index contributed by atoms with van der Waals surface area (Å²) in [6.45, 7) is -0.542. The van der Waals surface area contributed by atoms with Crippen LogP contribution < -0.4 is 30.4 Å². The summed E-state index contributed by atoms with van der Waals surface area (Å²) in [6.07, 6.45) is 1.31. The van der Waals surface area contributed by atoms with Gasteiger partial charge in [0.15, 0.2) is 11.5 Å². The van der Waals surface area contributed by atoms with Crippen molar-refractivity contribution in [2.45, 2.75) is 6.54 Å². The Hall–Kier alpha value is -4.08.